The van der Waals surface area contributed by atoms with Crippen molar-refractivity contribution < 1.29 is 0 Å². The van der Waals surface area contributed by atoms with Gasteiger partial charge in [-0.1, -0.05) is 29.8 Å². The molecule has 3 heteroatoms. The third-order valence-electron chi connectivity index (χ3n) is 3.30. The summed E-state index contributed by atoms with van der Waals surface area (Å²) >= 11 is 1.78. The van der Waals surface area contributed by atoms with Crippen molar-refractivity contribution in [2.45, 2.75) is 40.2 Å². The van der Waals surface area contributed by atoms with Gasteiger partial charge in [-0.05, 0) is 46.2 Å². The zero-order valence-corrected chi connectivity index (χ0v) is 13.0. The van der Waals surface area contributed by atoms with E-state index in [2.05, 4.69) is 62.3 Å². The molecule has 0 aliphatic carbocycles. The van der Waals surface area contributed by atoms with Crippen LogP contribution in [0.5, 0.6) is 0 Å². The summed E-state index contributed by atoms with van der Waals surface area (Å²) in [6, 6.07) is 9.04. The standard InChI is InChI=1S/C16H22N2S/c1-11-6-5-7-15(10-11)8-9-17-12(2)16-13(3)19-14(4)18-16/h5-7,10,12,17H,8-9H2,1-4H3. The van der Waals surface area contributed by atoms with Gasteiger partial charge in [0.15, 0.2) is 0 Å². The highest BCUT2D eigenvalue weighted by molar-refractivity contribution is 7.11. The maximum absolute atomic E-state index is 4.61. The third kappa shape index (κ3) is 3.88. The van der Waals surface area contributed by atoms with E-state index in [4.69, 9.17) is 0 Å². The minimum atomic E-state index is 0.328. The van der Waals surface area contributed by atoms with Crippen molar-refractivity contribution in [1.82, 2.24) is 10.3 Å². The number of aromatic nitrogens is 1. The first-order valence-electron chi connectivity index (χ1n) is 6.79. The maximum atomic E-state index is 4.61. The molecule has 1 unspecified atom stereocenters. The van der Waals surface area contributed by atoms with Crippen molar-refractivity contribution in [1.29, 1.82) is 0 Å². The van der Waals surface area contributed by atoms with Crippen molar-refractivity contribution in [3.05, 3.63) is 51.0 Å². The first kappa shape index (κ1) is 14.2. The molecule has 0 bridgehead atoms. The molecule has 2 aromatic rings. The minimum Gasteiger partial charge on any atom is -0.308 e. The van der Waals surface area contributed by atoms with Crippen molar-refractivity contribution in [2.24, 2.45) is 0 Å². The number of benzene rings is 1. The van der Waals surface area contributed by atoms with Crippen LogP contribution in [0.3, 0.4) is 0 Å². The number of aryl methyl sites for hydroxylation is 3. The predicted octanol–water partition coefficient (Wildman–Crippen LogP) is 3.96. The Hall–Kier alpha value is -1.19. The molecule has 1 atom stereocenters. The van der Waals surface area contributed by atoms with Gasteiger partial charge in [-0.2, -0.15) is 0 Å². The largest absolute Gasteiger partial charge is 0.308 e. The maximum Gasteiger partial charge on any atom is 0.0900 e. The molecule has 0 fully saturated rings. The number of hydrogen-bond donors (Lipinski definition) is 1. The number of nitrogens with zero attached hydrogens (tertiary/aromatic N) is 1. The van der Waals surface area contributed by atoms with Gasteiger partial charge < -0.3 is 5.32 Å². The van der Waals surface area contributed by atoms with E-state index in [1.165, 1.54) is 21.7 Å². The van der Waals surface area contributed by atoms with Gasteiger partial charge >= 0.3 is 0 Å². The number of thiazole rings is 1. The van der Waals surface area contributed by atoms with E-state index < -0.39 is 0 Å². The van der Waals surface area contributed by atoms with Crippen LogP contribution >= 0.6 is 11.3 Å². The molecule has 1 aromatic heterocycles. The van der Waals surface area contributed by atoms with Crippen LogP contribution in [-0.4, -0.2) is 11.5 Å². The summed E-state index contributed by atoms with van der Waals surface area (Å²) in [4.78, 5) is 5.93. The lowest BCUT2D eigenvalue weighted by molar-refractivity contribution is 0.563. The summed E-state index contributed by atoms with van der Waals surface area (Å²) < 4.78 is 0. The molecule has 1 N–H and O–H groups in total. The van der Waals surface area contributed by atoms with Crippen LogP contribution in [0, 0.1) is 20.8 Å². The lowest BCUT2D eigenvalue weighted by atomic mass is 10.1. The summed E-state index contributed by atoms with van der Waals surface area (Å²) in [5, 5.41) is 4.72. The predicted molar refractivity (Wildman–Crippen MR) is 82.9 cm³/mol. The van der Waals surface area contributed by atoms with E-state index in [0.29, 0.717) is 6.04 Å². The summed E-state index contributed by atoms with van der Waals surface area (Å²) in [7, 11) is 0. The minimum absolute atomic E-state index is 0.328. The highest BCUT2D eigenvalue weighted by Crippen LogP contribution is 2.22. The Morgan fingerprint density at radius 1 is 1.26 bits per heavy atom. The highest BCUT2D eigenvalue weighted by atomic mass is 32.1. The Morgan fingerprint density at radius 2 is 2.05 bits per heavy atom. The Bertz CT molecular complexity index is 545. The van der Waals surface area contributed by atoms with Crippen LogP contribution in [0.2, 0.25) is 0 Å². The van der Waals surface area contributed by atoms with Crippen LogP contribution < -0.4 is 5.32 Å². The molecule has 19 heavy (non-hydrogen) atoms. The summed E-state index contributed by atoms with van der Waals surface area (Å²) in [6.45, 7) is 9.54. The lowest BCUT2D eigenvalue weighted by Gasteiger charge is -2.12. The zero-order valence-electron chi connectivity index (χ0n) is 12.2. The normalized spacial score (nSPS) is 12.6. The van der Waals surface area contributed by atoms with Gasteiger partial charge in [0.1, 0.15) is 0 Å². The van der Waals surface area contributed by atoms with Gasteiger partial charge in [0.05, 0.1) is 10.7 Å². The number of nitrogens with one attached hydrogen (secondary N) is 1. The molecule has 0 aliphatic heterocycles. The average molecular weight is 274 g/mol. The van der Waals surface area contributed by atoms with Crippen LogP contribution in [0.1, 0.15) is 39.7 Å². The Labute approximate surface area is 119 Å². The van der Waals surface area contributed by atoms with E-state index in [1.807, 2.05) is 0 Å². The van der Waals surface area contributed by atoms with E-state index in [1.54, 1.807) is 11.3 Å². The van der Waals surface area contributed by atoms with Gasteiger partial charge in [-0.15, -0.1) is 11.3 Å². The Kier molecular flexibility index (Phi) is 4.72. The highest BCUT2D eigenvalue weighted by Gasteiger charge is 2.12. The number of rotatable bonds is 5. The molecular weight excluding hydrogens is 252 g/mol. The number of hydrogen-bond acceptors (Lipinski definition) is 3. The van der Waals surface area contributed by atoms with E-state index in [-0.39, 0.29) is 0 Å². The fraction of sp³-hybridized carbons (Fsp3) is 0.438. The molecule has 2 nitrogen and oxygen atoms in total. The fourth-order valence-corrected chi connectivity index (χ4v) is 3.26. The quantitative estimate of drug-likeness (QED) is 0.892. The molecule has 0 aliphatic rings. The van der Waals surface area contributed by atoms with Gasteiger partial charge in [0, 0.05) is 10.9 Å². The molecule has 1 aromatic carbocycles. The van der Waals surface area contributed by atoms with Crippen molar-refractivity contribution in [3.8, 4) is 0 Å². The topological polar surface area (TPSA) is 24.9 Å². The van der Waals surface area contributed by atoms with Crippen LogP contribution in [-0.2, 0) is 6.42 Å². The van der Waals surface area contributed by atoms with Gasteiger partial charge in [-0.3, -0.25) is 0 Å². The smallest absolute Gasteiger partial charge is 0.0900 e. The summed E-state index contributed by atoms with van der Waals surface area (Å²) in [5.74, 6) is 0. The molecule has 0 saturated carbocycles. The molecule has 0 spiro atoms. The van der Waals surface area contributed by atoms with E-state index >= 15 is 0 Å². The molecule has 0 amide bonds. The van der Waals surface area contributed by atoms with Crippen molar-refractivity contribution in [2.75, 3.05) is 6.54 Å². The second-order valence-electron chi connectivity index (χ2n) is 5.09. The first-order valence-corrected chi connectivity index (χ1v) is 7.61. The lowest BCUT2D eigenvalue weighted by Crippen LogP contribution is -2.22. The molecular formula is C16H22N2S. The first-order chi connectivity index (χ1) is 9.06. The SMILES string of the molecule is Cc1cccc(CCNC(C)c2nc(C)sc2C)c1. The van der Waals surface area contributed by atoms with Crippen LogP contribution in [0.15, 0.2) is 24.3 Å². The fourth-order valence-electron chi connectivity index (χ4n) is 2.34. The molecule has 2 rings (SSSR count). The average Bonchev–Trinajstić information content (AvgIpc) is 2.68. The second-order valence-corrected chi connectivity index (χ2v) is 6.50. The van der Waals surface area contributed by atoms with Crippen LogP contribution in [0.4, 0.5) is 0 Å². The molecule has 0 saturated heterocycles. The monoisotopic (exact) mass is 274 g/mol. The Morgan fingerprint density at radius 3 is 2.68 bits per heavy atom. The Balaban J connectivity index is 1.87. The summed E-state index contributed by atoms with van der Waals surface area (Å²) in [5.41, 5.74) is 3.93. The summed E-state index contributed by atoms with van der Waals surface area (Å²) in [6.07, 6.45) is 1.06. The van der Waals surface area contributed by atoms with Gasteiger partial charge in [-0.25, -0.2) is 4.98 Å². The molecule has 1 heterocycles. The van der Waals surface area contributed by atoms with E-state index in [9.17, 15) is 0 Å². The zero-order chi connectivity index (χ0) is 13.8. The van der Waals surface area contributed by atoms with Gasteiger partial charge in [0.25, 0.3) is 0 Å². The third-order valence-corrected chi connectivity index (χ3v) is 4.20. The van der Waals surface area contributed by atoms with Crippen molar-refractivity contribution in [3.63, 3.8) is 0 Å². The van der Waals surface area contributed by atoms with Gasteiger partial charge in [0.2, 0.25) is 0 Å². The second kappa shape index (κ2) is 6.31. The molecule has 0 radical (unpaired) electrons. The van der Waals surface area contributed by atoms with E-state index in [0.717, 1.165) is 18.0 Å². The van der Waals surface area contributed by atoms with Crippen molar-refractivity contribution >= 4 is 11.3 Å². The molecule has 102 valence electrons. The van der Waals surface area contributed by atoms with Crippen LogP contribution in [0.25, 0.3) is 0 Å².